The van der Waals surface area contributed by atoms with E-state index in [-0.39, 0.29) is 17.9 Å². The topological polar surface area (TPSA) is 49.3 Å². The van der Waals surface area contributed by atoms with Gasteiger partial charge >= 0.3 is 0 Å². The first kappa shape index (κ1) is 8.53. The Labute approximate surface area is 66.8 Å². The predicted molar refractivity (Wildman–Crippen MR) is 42.0 cm³/mol. The quantitative estimate of drug-likeness (QED) is 0.599. The van der Waals surface area contributed by atoms with Gasteiger partial charge in [-0.2, -0.15) is 0 Å². The van der Waals surface area contributed by atoms with E-state index in [9.17, 15) is 4.79 Å². The van der Waals surface area contributed by atoms with Gasteiger partial charge in [0.25, 0.3) is 0 Å². The van der Waals surface area contributed by atoms with E-state index in [2.05, 4.69) is 5.32 Å². The Morgan fingerprint density at radius 1 is 1.64 bits per heavy atom. The summed E-state index contributed by atoms with van der Waals surface area (Å²) in [4.78, 5) is 11.1. The molecule has 0 aromatic carbocycles. The molecule has 3 nitrogen and oxygen atoms in total. The van der Waals surface area contributed by atoms with Crippen molar-refractivity contribution in [3.63, 3.8) is 0 Å². The Morgan fingerprint density at radius 3 is 2.55 bits per heavy atom. The van der Waals surface area contributed by atoms with Crippen molar-refractivity contribution < 1.29 is 9.90 Å². The van der Waals surface area contributed by atoms with Gasteiger partial charge in [0, 0.05) is 13.0 Å². The van der Waals surface area contributed by atoms with E-state index in [4.69, 9.17) is 5.11 Å². The fourth-order valence-corrected chi connectivity index (χ4v) is 1.48. The van der Waals surface area contributed by atoms with Crippen molar-refractivity contribution in [3.05, 3.63) is 0 Å². The minimum absolute atomic E-state index is 0.0587. The summed E-state index contributed by atoms with van der Waals surface area (Å²) in [7, 11) is 1.65. The van der Waals surface area contributed by atoms with Crippen molar-refractivity contribution in [2.24, 2.45) is 11.8 Å². The van der Waals surface area contributed by atoms with E-state index >= 15 is 0 Å². The number of rotatable bonds is 2. The molecule has 11 heavy (non-hydrogen) atoms. The Kier molecular flexibility index (Phi) is 2.49. The number of amides is 1. The molecule has 0 heterocycles. The monoisotopic (exact) mass is 157 g/mol. The second-order valence-corrected chi connectivity index (χ2v) is 3.29. The van der Waals surface area contributed by atoms with E-state index in [1.54, 1.807) is 7.05 Å². The molecule has 1 aliphatic carbocycles. The third kappa shape index (κ3) is 1.71. The Balaban J connectivity index is 2.31. The smallest absolute Gasteiger partial charge is 0.222 e. The fourth-order valence-electron chi connectivity index (χ4n) is 1.48. The average Bonchev–Trinajstić information content (AvgIpc) is 1.96. The highest BCUT2D eigenvalue weighted by Gasteiger charge is 2.34. The number of hydrogen-bond acceptors (Lipinski definition) is 2. The van der Waals surface area contributed by atoms with E-state index in [1.165, 1.54) is 0 Å². The number of nitrogens with one attached hydrogen (secondary N) is 1. The second-order valence-electron chi connectivity index (χ2n) is 3.29. The first-order chi connectivity index (χ1) is 5.15. The van der Waals surface area contributed by atoms with Gasteiger partial charge in [-0.15, -0.1) is 0 Å². The standard InChI is InChI=1S/C8H15NO2/c1-5(8(11)9-2)6-3-7(10)4-6/h5-7,10H,3-4H2,1-2H3,(H,9,11). The summed E-state index contributed by atoms with van der Waals surface area (Å²) in [5, 5.41) is 11.6. The molecule has 2 N–H and O–H groups in total. The summed E-state index contributed by atoms with van der Waals surface area (Å²) in [6.07, 6.45) is 1.41. The van der Waals surface area contributed by atoms with Crippen LogP contribution in [0.3, 0.4) is 0 Å². The third-order valence-corrected chi connectivity index (χ3v) is 2.52. The zero-order valence-corrected chi connectivity index (χ0v) is 7.00. The summed E-state index contributed by atoms with van der Waals surface area (Å²) in [5.41, 5.74) is 0. The molecule has 0 aliphatic heterocycles. The summed E-state index contributed by atoms with van der Waals surface area (Å²) < 4.78 is 0. The molecule has 1 unspecified atom stereocenters. The highest BCUT2D eigenvalue weighted by molar-refractivity contribution is 5.78. The van der Waals surface area contributed by atoms with E-state index in [0.717, 1.165) is 12.8 Å². The van der Waals surface area contributed by atoms with Gasteiger partial charge in [0.05, 0.1) is 6.10 Å². The number of aliphatic hydroxyl groups excluding tert-OH is 1. The van der Waals surface area contributed by atoms with Crippen molar-refractivity contribution in [2.45, 2.75) is 25.9 Å². The lowest BCUT2D eigenvalue weighted by atomic mass is 9.74. The van der Waals surface area contributed by atoms with Crippen molar-refractivity contribution in [1.29, 1.82) is 0 Å². The van der Waals surface area contributed by atoms with Crippen molar-refractivity contribution in [3.8, 4) is 0 Å². The number of aliphatic hydroxyl groups is 1. The fraction of sp³-hybridized carbons (Fsp3) is 0.875. The molecule has 0 aromatic rings. The molecule has 1 amide bonds. The molecule has 64 valence electrons. The largest absolute Gasteiger partial charge is 0.393 e. The molecule has 1 fully saturated rings. The van der Waals surface area contributed by atoms with Crippen molar-refractivity contribution in [1.82, 2.24) is 5.32 Å². The van der Waals surface area contributed by atoms with Crippen LogP contribution in [0, 0.1) is 11.8 Å². The zero-order chi connectivity index (χ0) is 8.43. The van der Waals surface area contributed by atoms with Gasteiger partial charge in [0.1, 0.15) is 0 Å². The van der Waals surface area contributed by atoms with Gasteiger partial charge in [-0.3, -0.25) is 4.79 Å². The lowest BCUT2D eigenvalue weighted by Crippen LogP contribution is -2.39. The lowest BCUT2D eigenvalue weighted by Gasteiger charge is -2.34. The second kappa shape index (κ2) is 3.22. The molecule has 1 saturated carbocycles. The van der Waals surface area contributed by atoms with Crippen LogP contribution in [0.5, 0.6) is 0 Å². The Hall–Kier alpha value is -0.570. The number of hydrogen-bond donors (Lipinski definition) is 2. The van der Waals surface area contributed by atoms with Crippen LogP contribution in [0.25, 0.3) is 0 Å². The Bertz CT molecular complexity index is 152. The third-order valence-electron chi connectivity index (χ3n) is 2.52. The molecule has 0 radical (unpaired) electrons. The van der Waals surface area contributed by atoms with E-state index < -0.39 is 0 Å². The van der Waals surface area contributed by atoms with Crippen molar-refractivity contribution >= 4 is 5.91 Å². The predicted octanol–water partition coefficient (Wildman–Crippen LogP) is 0.139. The first-order valence-electron chi connectivity index (χ1n) is 4.04. The highest BCUT2D eigenvalue weighted by atomic mass is 16.3. The van der Waals surface area contributed by atoms with Crippen LogP contribution < -0.4 is 5.32 Å². The van der Waals surface area contributed by atoms with Crippen LogP contribution >= 0.6 is 0 Å². The van der Waals surface area contributed by atoms with Gasteiger partial charge in [-0.25, -0.2) is 0 Å². The molecule has 0 spiro atoms. The number of carbonyl (C=O) groups is 1. The maximum absolute atomic E-state index is 11.1. The summed E-state index contributed by atoms with van der Waals surface area (Å²) in [5.74, 6) is 0.537. The van der Waals surface area contributed by atoms with Gasteiger partial charge < -0.3 is 10.4 Å². The molecule has 0 aromatic heterocycles. The maximum atomic E-state index is 11.1. The summed E-state index contributed by atoms with van der Waals surface area (Å²) in [6.45, 7) is 1.91. The van der Waals surface area contributed by atoms with Gasteiger partial charge in [0.15, 0.2) is 0 Å². The molecule has 1 atom stereocenters. The normalized spacial score (nSPS) is 32.3. The molecule has 3 heteroatoms. The molecule has 1 rings (SSSR count). The molecular formula is C8H15NO2. The van der Waals surface area contributed by atoms with Crippen LogP contribution in [0.4, 0.5) is 0 Å². The molecular weight excluding hydrogens is 142 g/mol. The lowest BCUT2D eigenvalue weighted by molar-refractivity contribution is -0.128. The summed E-state index contributed by atoms with van der Waals surface area (Å²) >= 11 is 0. The zero-order valence-electron chi connectivity index (χ0n) is 7.00. The van der Waals surface area contributed by atoms with Crippen LogP contribution in [-0.2, 0) is 4.79 Å². The molecule has 0 saturated heterocycles. The van der Waals surface area contributed by atoms with Gasteiger partial charge in [0.2, 0.25) is 5.91 Å². The van der Waals surface area contributed by atoms with Crippen LogP contribution in [0.1, 0.15) is 19.8 Å². The van der Waals surface area contributed by atoms with Gasteiger partial charge in [-0.05, 0) is 18.8 Å². The molecule has 1 aliphatic rings. The van der Waals surface area contributed by atoms with Crippen LogP contribution in [0.15, 0.2) is 0 Å². The van der Waals surface area contributed by atoms with Crippen LogP contribution in [0.2, 0.25) is 0 Å². The number of carbonyl (C=O) groups excluding carboxylic acids is 1. The minimum atomic E-state index is -0.160. The highest BCUT2D eigenvalue weighted by Crippen LogP contribution is 2.33. The van der Waals surface area contributed by atoms with Crippen LogP contribution in [-0.4, -0.2) is 24.2 Å². The Morgan fingerprint density at radius 2 is 2.18 bits per heavy atom. The van der Waals surface area contributed by atoms with Crippen molar-refractivity contribution in [2.75, 3.05) is 7.05 Å². The maximum Gasteiger partial charge on any atom is 0.222 e. The average molecular weight is 157 g/mol. The van der Waals surface area contributed by atoms with Gasteiger partial charge in [-0.1, -0.05) is 6.92 Å². The van der Waals surface area contributed by atoms with E-state index in [0.29, 0.717) is 5.92 Å². The SMILES string of the molecule is CNC(=O)C(C)C1CC(O)C1. The minimum Gasteiger partial charge on any atom is -0.393 e. The summed E-state index contributed by atoms with van der Waals surface area (Å²) in [6, 6.07) is 0. The van der Waals surface area contributed by atoms with E-state index in [1.807, 2.05) is 6.92 Å². The first-order valence-corrected chi connectivity index (χ1v) is 4.04. The molecule has 0 bridgehead atoms.